The first-order valence-electron chi connectivity index (χ1n) is 7.88. The van der Waals surface area contributed by atoms with E-state index >= 15 is 0 Å². The Kier molecular flexibility index (Phi) is 3.82. The minimum absolute atomic E-state index is 0.0506. The van der Waals surface area contributed by atoms with Gasteiger partial charge in [0.1, 0.15) is 0 Å². The number of aromatic amines is 1. The van der Waals surface area contributed by atoms with Crippen molar-refractivity contribution in [2.45, 2.75) is 6.42 Å². The van der Waals surface area contributed by atoms with E-state index in [0.29, 0.717) is 18.7 Å². The first kappa shape index (κ1) is 15.0. The zero-order valence-corrected chi connectivity index (χ0v) is 13.8. The van der Waals surface area contributed by atoms with Crippen molar-refractivity contribution in [1.82, 2.24) is 14.9 Å². The van der Waals surface area contributed by atoms with E-state index in [1.54, 1.807) is 24.5 Å². The van der Waals surface area contributed by atoms with Gasteiger partial charge >= 0.3 is 0 Å². The lowest BCUT2D eigenvalue weighted by Gasteiger charge is -2.26. The smallest absolute Gasteiger partial charge is 0.254 e. The lowest BCUT2D eigenvalue weighted by molar-refractivity contribution is 0.0773. The van der Waals surface area contributed by atoms with E-state index in [2.05, 4.69) is 22.1 Å². The van der Waals surface area contributed by atoms with Gasteiger partial charge in [0.15, 0.2) is 0 Å². The van der Waals surface area contributed by atoms with Crippen LogP contribution in [0.4, 0.5) is 0 Å². The highest BCUT2D eigenvalue weighted by Gasteiger charge is 2.20. The molecule has 0 bridgehead atoms. The number of rotatable bonds is 2. The van der Waals surface area contributed by atoms with Gasteiger partial charge < -0.3 is 9.88 Å². The molecule has 3 aromatic rings. The third-order valence-corrected chi connectivity index (χ3v) is 4.75. The molecule has 0 fully saturated rings. The molecule has 4 rings (SSSR count). The standard InChI is InChI=1S/C19H16ClN3O/c20-17-3-1-2-15-16(12-22-18(15)17)13-6-10-23(11-7-13)19(24)14-4-8-21-9-5-14/h1-6,8-9,12,22H,7,10-11H2. The number of aromatic nitrogens is 2. The molecule has 0 aliphatic carbocycles. The number of carbonyl (C=O) groups excluding carboxylic acids is 1. The Labute approximate surface area is 144 Å². The van der Waals surface area contributed by atoms with Gasteiger partial charge in [-0.2, -0.15) is 0 Å². The van der Waals surface area contributed by atoms with Crippen LogP contribution in [0.2, 0.25) is 5.02 Å². The number of carbonyl (C=O) groups is 1. The van der Waals surface area contributed by atoms with Crippen LogP contribution in [0.1, 0.15) is 22.3 Å². The van der Waals surface area contributed by atoms with Gasteiger partial charge in [-0.05, 0) is 30.2 Å². The van der Waals surface area contributed by atoms with Crippen LogP contribution in [0.5, 0.6) is 0 Å². The van der Waals surface area contributed by atoms with Crippen LogP contribution in [0.25, 0.3) is 16.5 Å². The van der Waals surface area contributed by atoms with Gasteiger partial charge in [0.2, 0.25) is 0 Å². The molecule has 1 amide bonds. The fourth-order valence-corrected chi connectivity index (χ4v) is 3.39. The predicted molar refractivity (Wildman–Crippen MR) is 96.0 cm³/mol. The van der Waals surface area contributed by atoms with E-state index in [-0.39, 0.29) is 5.91 Å². The molecule has 120 valence electrons. The summed E-state index contributed by atoms with van der Waals surface area (Å²) in [5.74, 6) is 0.0506. The Morgan fingerprint density at radius 3 is 2.79 bits per heavy atom. The van der Waals surface area contributed by atoms with Crippen LogP contribution in [-0.2, 0) is 0 Å². The van der Waals surface area contributed by atoms with Crippen molar-refractivity contribution in [2.24, 2.45) is 0 Å². The first-order valence-corrected chi connectivity index (χ1v) is 8.26. The fourth-order valence-electron chi connectivity index (χ4n) is 3.16. The van der Waals surface area contributed by atoms with Gasteiger partial charge in [-0.1, -0.05) is 29.8 Å². The summed E-state index contributed by atoms with van der Waals surface area (Å²) in [6.45, 7) is 1.32. The molecular weight excluding hydrogens is 322 g/mol. The van der Waals surface area contributed by atoms with Crippen molar-refractivity contribution < 1.29 is 4.79 Å². The van der Waals surface area contributed by atoms with Crippen LogP contribution in [0, 0.1) is 0 Å². The van der Waals surface area contributed by atoms with Crippen molar-refractivity contribution in [3.05, 3.63) is 71.1 Å². The van der Waals surface area contributed by atoms with Crippen LogP contribution in [-0.4, -0.2) is 33.9 Å². The Morgan fingerprint density at radius 2 is 2.04 bits per heavy atom. The second-order valence-electron chi connectivity index (χ2n) is 5.83. The Morgan fingerprint density at radius 1 is 1.21 bits per heavy atom. The topological polar surface area (TPSA) is 49.0 Å². The monoisotopic (exact) mass is 337 g/mol. The van der Waals surface area contributed by atoms with Crippen molar-refractivity contribution >= 4 is 34.0 Å². The highest BCUT2D eigenvalue weighted by molar-refractivity contribution is 6.35. The number of nitrogens with one attached hydrogen (secondary N) is 1. The van der Waals surface area contributed by atoms with E-state index in [1.807, 2.05) is 23.2 Å². The molecule has 1 N–H and O–H groups in total. The largest absolute Gasteiger partial charge is 0.359 e. The third kappa shape index (κ3) is 2.59. The molecule has 24 heavy (non-hydrogen) atoms. The second-order valence-corrected chi connectivity index (χ2v) is 6.24. The number of halogens is 1. The van der Waals surface area contributed by atoms with Gasteiger partial charge in [0.25, 0.3) is 5.91 Å². The lowest BCUT2D eigenvalue weighted by atomic mass is 9.98. The molecule has 5 heteroatoms. The van der Waals surface area contributed by atoms with Crippen LogP contribution < -0.4 is 0 Å². The maximum absolute atomic E-state index is 12.5. The number of pyridine rings is 1. The van der Waals surface area contributed by atoms with E-state index in [0.717, 1.165) is 22.3 Å². The van der Waals surface area contributed by atoms with E-state index in [1.165, 1.54) is 11.1 Å². The number of para-hydroxylation sites is 1. The maximum atomic E-state index is 12.5. The summed E-state index contributed by atoms with van der Waals surface area (Å²) in [6, 6.07) is 9.42. The molecule has 0 radical (unpaired) electrons. The van der Waals surface area contributed by atoms with Gasteiger partial charge in [-0.3, -0.25) is 9.78 Å². The van der Waals surface area contributed by atoms with E-state index in [4.69, 9.17) is 11.6 Å². The van der Waals surface area contributed by atoms with Gasteiger partial charge in [0.05, 0.1) is 10.5 Å². The minimum Gasteiger partial charge on any atom is -0.359 e. The summed E-state index contributed by atoms with van der Waals surface area (Å²) < 4.78 is 0. The number of amides is 1. The molecule has 3 heterocycles. The highest BCUT2D eigenvalue weighted by atomic mass is 35.5. The molecule has 0 atom stereocenters. The van der Waals surface area contributed by atoms with Crippen molar-refractivity contribution in [2.75, 3.05) is 13.1 Å². The van der Waals surface area contributed by atoms with Crippen LogP contribution in [0.15, 0.2) is 55.0 Å². The number of nitrogens with zero attached hydrogens (tertiary/aromatic N) is 2. The SMILES string of the molecule is O=C(c1ccncc1)N1CC=C(c2c[nH]c3c(Cl)cccc23)CC1. The highest BCUT2D eigenvalue weighted by Crippen LogP contribution is 2.32. The van der Waals surface area contributed by atoms with E-state index in [9.17, 15) is 4.79 Å². The number of benzene rings is 1. The summed E-state index contributed by atoms with van der Waals surface area (Å²) >= 11 is 6.23. The summed E-state index contributed by atoms with van der Waals surface area (Å²) in [5.41, 5.74) is 4.07. The number of H-pyrrole nitrogens is 1. The summed E-state index contributed by atoms with van der Waals surface area (Å²) in [5, 5.41) is 1.85. The molecule has 1 aromatic carbocycles. The minimum atomic E-state index is 0.0506. The molecule has 0 unspecified atom stereocenters. The Hall–Kier alpha value is -2.59. The van der Waals surface area contributed by atoms with Gasteiger partial charge in [-0.15, -0.1) is 0 Å². The first-order chi connectivity index (χ1) is 11.7. The quantitative estimate of drug-likeness (QED) is 0.763. The molecule has 2 aromatic heterocycles. The number of hydrogen-bond donors (Lipinski definition) is 1. The average Bonchev–Trinajstić information content (AvgIpc) is 3.07. The Balaban J connectivity index is 1.58. The molecule has 4 nitrogen and oxygen atoms in total. The lowest BCUT2D eigenvalue weighted by Crippen LogP contribution is -2.34. The second kappa shape index (κ2) is 6.13. The molecule has 0 saturated heterocycles. The zero-order chi connectivity index (χ0) is 16.5. The molecule has 1 aliphatic heterocycles. The summed E-state index contributed by atoms with van der Waals surface area (Å²) in [7, 11) is 0. The number of fused-ring (bicyclic) bond motifs is 1. The summed E-state index contributed by atoms with van der Waals surface area (Å²) in [4.78, 5) is 21.6. The molecule has 1 aliphatic rings. The maximum Gasteiger partial charge on any atom is 0.254 e. The molecule has 0 spiro atoms. The van der Waals surface area contributed by atoms with Gasteiger partial charge in [-0.25, -0.2) is 0 Å². The Bertz CT molecular complexity index is 930. The van der Waals surface area contributed by atoms with E-state index < -0.39 is 0 Å². The third-order valence-electron chi connectivity index (χ3n) is 4.43. The van der Waals surface area contributed by atoms with Crippen LogP contribution >= 0.6 is 11.6 Å². The normalized spacial score (nSPS) is 14.7. The van der Waals surface area contributed by atoms with Crippen molar-refractivity contribution in [1.29, 1.82) is 0 Å². The number of hydrogen-bond acceptors (Lipinski definition) is 2. The summed E-state index contributed by atoms with van der Waals surface area (Å²) in [6.07, 6.45) is 8.26. The zero-order valence-electron chi connectivity index (χ0n) is 13.0. The fraction of sp³-hybridized carbons (Fsp3) is 0.158. The molecular formula is C19H16ClN3O. The molecule has 0 saturated carbocycles. The predicted octanol–water partition coefficient (Wildman–Crippen LogP) is 4.15. The van der Waals surface area contributed by atoms with Crippen molar-refractivity contribution in [3.8, 4) is 0 Å². The van der Waals surface area contributed by atoms with Crippen LogP contribution in [0.3, 0.4) is 0 Å². The van der Waals surface area contributed by atoms with Crippen molar-refractivity contribution in [3.63, 3.8) is 0 Å². The average molecular weight is 338 g/mol. The van der Waals surface area contributed by atoms with Gasteiger partial charge in [0, 0.05) is 48.2 Å².